The second-order valence-electron chi connectivity index (χ2n) is 16.0. The van der Waals surface area contributed by atoms with Crippen molar-refractivity contribution < 1.29 is 32.9 Å². The molecule has 3 atom stereocenters. The van der Waals surface area contributed by atoms with Gasteiger partial charge in [-0.15, -0.1) is 0 Å². The number of aliphatic hydroxyl groups is 1. The Morgan fingerprint density at radius 3 is 1.53 bits per heavy atom. The molecule has 58 heavy (non-hydrogen) atoms. The van der Waals surface area contributed by atoms with Crippen molar-refractivity contribution in [3.8, 4) is 0 Å². The van der Waals surface area contributed by atoms with E-state index in [4.69, 9.17) is 9.05 Å². The number of phosphoric acid groups is 1. The summed E-state index contributed by atoms with van der Waals surface area (Å²) in [5.41, 5.74) is 0. The molecule has 0 aromatic rings. The van der Waals surface area contributed by atoms with Gasteiger partial charge >= 0.3 is 0 Å². The van der Waals surface area contributed by atoms with Crippen LogP contribution in [0.25, 0.3) is 0 Å². The van der Waals surface area contributed by atoms with Gasteiger partial charge in [-0.2, -0.15) is 0 Å². The first-order chi connectivity index (χ1) is 28.0. The van der Waals surface area contributed by atoms with Crippen LogP contribution in [0.3, 0.4) is 0 Å². The molecule has 0 saturated carbocycles. The van der Waals surface area contributed by atoms with E-state index in [1.165, 1.54) is 38.5 Å². The third-order valence-electron chi connectivity index (χ3n) is 9.30. The van der Waals surface area contributed by atoms with Crippen LogP contribution in [0.2, 0.25) is 0 Å². The fourth-order valence-corrected chi connectivity index (χ4v) is 6.44. The Bertz CT molecular complexity index is 1260. The largest absolute Gasteiger partial charge is 0.756 e. The van der Waals surface area contributed by atoms with Gasteiger partial charge in [-0.25, -0.2) is 0 Å². The number of allylic oxidation sites excluding steroid dienone is 15. The number of unbranched alkanes of at least 4 members (excludes halogenated alkanes) is 12. The van der Waals surface area contributed by atoms with Gasteiger partial charge in [-0.3, -0.25) is 9.36 Å². The molecule has 0 rings (SSSR count). The van der Waals surface area contributed by atoms with E-state index in [2.05, 4.69) is 104 Å². The van der Waals surface area contributed by atoms with E-state index in [1.54, 1.807) is 6.08 Å². The smallest absolute Gasteiger partial charge is 0.268 e. The molecule has 332 valence electrons. The average Bonchev–Trinajstić information content (AvgIpc) is 3.17. The van der Waals surface area contributed by atoms with Crippen molar-refractivity contribution in [2.45, 2.75) is 167 Å². The van der Waals surface area contributed by atoms with Crippen LogP contribution < -0.4 is 10.2 Å². The molecule has 0 fully saturated rings. The lowest BCUT2D eigenvalue weighted by molar-refractivity contribution is -0.870. The zero-order chi connectivity index (χ0) is 42.8. The lowest BCUT2D eigenvalue weighted by atomic mass is 10.1. The summed E-state index contributed by atoms with van der Waals surface area (Å²) >= 11 is 0. The van der Waals surface area contributed by atoms with E-state index in [-0.39, 0.29) is 12.5 Å². The van der Waals surface area contributed by atoms with E-state index >= 15 is 0 Å². The number of phosphoric ester groups is 1. The number of amides is 1. The highest BCUT2D eigenvalue weighted by molar-refractivity contribution is 7.45. The van der Waals surface area contributed by atoms with E-state index in [0.717, 1.165) is 96.3 Å². The van der Waals surface area contributed by atoms with Crippen LogP contribution in [-0.2, 0) is 18.4 Å². The Morgan fingerprint density at radius 2 is 1.05 bits per heavy atom. The van der Waals surface area contributed by atoms with Gasteiger partial charge < -0.3 is 28.8 Å². The first-order valence-corrected chi connectivity index (χ1v) is 24.1. The Hall–Kier alpha value is -2.58. The number of nitrogens with zero attached hydrogens (tertiary/aromatic N) is 1. The molecule has 0 saturated heterocycles. The van der Waals surface area contributed by atoms with Gasteiger partial charge in [-0.05, 0) is 77.0 Å². The molecule has 2 N–H and O–H groups in total. The number of likely N-dealkylation sites (N-methyl/N-ethyl adjacent to an activating group) is 1. The molecule has 0 aliphatic rings. The minimum atomic E-state index is -4.59. The summed E-state index contributed by atoms with van der Waals surface area (Å²) in [6, 6.07) is -0.896. The third kappa shape index (κ3) is 41.6. The fraction of sp³-hybridized carbons (Fsp3) is 0.653. The zero-order valence-electron chi connectivity index (χ0n) is 37.5. The summed E-state index contributed by atoms with van der Waals surface area (Å²) in [6.45, 7) is 4.43. The van der Waals surface area contributed by atoms with Crippen molar-refractivity contribution in [1.29, 1.82) is 0 Å². The fourth-order valence-electron chi connectivity index (χ4n) is 5.72. The molecule has 0 heterocycles. The van der Waals surface area contributed by atoms with Gasteiger partial charge in [0.05, 0.1) is 39.9 Å². The van der Waals surface area contributed by atoms with Crippen molar-refractivity contribution in [1.82, 2.24) is 5.32 Å². The topological polar surface area (TPSA) is 108 Å². The highest BCUT2D eigenvalue weighted by Crippen LogP contribution is 2.38. The second-order valence-corrected chi connectivity index (χ2v) is 17.4. The van der Waals surface area contributed by atoms with Gasteiger partial charge in [0.2, 0.25) is 5.91 Å². The molecule has 8 nitrogen and oxygen atoms in total. The monoisotopic (exact) mass is 829 g/mol. The Kier molecular flexibility index (Phi) is 38.1. The molecule has 0 aromatic heterocycles. The molecule has 0 aromatic carbocycles. The number of rotatable bonds is 39. The van der Waals surface area contributed by atoms with Crippen LogP contribution in [-0.4, -0.2) is 68.5 Å². The van der Waals surface area contributed by atoms with Crippen molar-refractivity contribution in [3.63, 3.8) is 0 Å². The van der Waals surface area contributed by atoms with Gasteiger partial charge in [-0.1, -0.05) is 169 Å². The number of hydrogen-bond acceptors (Lipinski definition) is 6. The van der Waals surface area contributed by atoms with Crippen molar-refractivity contribution >= 4 is 13.7 Å². The Balaban J connectivity index is 4.18. The summed E-state index contributed by atoms with van der Waals surface area (Å²) in [4.78, 5) is 25.2. The molecule has 0 spiro atoms. The molecule has 0 bridgehead atoms. The minimum absolute atomic E-state index is 0.00936. The van der Waals surface area contributed by atoms with Gasteiger partial charge in [0.25, 0.3) is 7.82 Å². The highest BCUT2D eigenvalue weighted by atomic mass is 31.2. The van der Waals surface area contributed by atoms with E-state index in [1.807, 2.05) is 27.2 Å². The summed E-state index contributed by atoms with van der Waals surface area (Å²) < 4.78 is 23.1. The van der Waals surface area contributed by atoms with E-state index in [9.17, 15) is 19.4 Å². The van der Waals surface area contributed by atoms with Gasteiger partial charge in [0.15, 0.2) is 0 Å². The lowest BCUT2D eigenvalue weighted by Gasteiger charge is -2.29. The van der Waals surface area contributed by atoms with Crippen molar-refractivity contribution in [2.24, 2.45) is 0 Å². The quantitative estimate of drug-likeness (QED) is 0.0276. The standard InChI is InChI=1S/C49H85N2O6P/c1-6-8-10-12-14-15-16-17-18-19-20-21-22-23-24-25-26-27-28-29-30-31-32-33-34-35-37-39-41-43-49(53)50-47(48(52)42-40-38-36-13-11-9-7-2)46-57-58(54,55)56-45-44-51(3,4)5/h8,10,14-15,17-18,20-21,23-24,26-27,29-30,40,42,47-48,52H,6-7,9,11-13,16,19,22,25,28,31-39,41,43-46H2,1-5H3,(H-,50,53,54,55)/b10-8-,15-14-,18-17-,21-20-,24-23-,27-26-,30-29-,42-40+. The van der Waals surface area contributed by atoms with Gasteiger partial charge in [0.1, 0.15) is 13.2 Å². The second kappa shape index (κ2) is 39.9. The number of nitrogens with one attached hydrogen (secondary N) is 1. The number of quaternary nitrogens is 1. The maximum absolute atomic E-state index is 12.8. The predicted octanol–water partition coefficient (Wildman–Crippen LogP) is 12.1. The summed E-state index contributed by atoms with van der Waals surface area (Å²) in [5.74, 6) is -0.219. The minimum Gasteiger partial charge on any atom is -0.756 e. The first-order valence-electron chi connectivity index (χ1n) is 22.6. The molecule has 9 heteroatoms. The van der Waals surface area contributed by atoms with Crippen LogP contribution >= 0.6 is 7.82 Å². The lowest BCUT2D eigenvalue weighted by Crippen LogP contribution is -2.45. The molecule has 0 aliphatic carbocycles. The van der Waals surface area contributed by atoms with Crippen LogP contribution in [0.5, 0.6) is 0 Å². The SMILES string of the molecule is CC/C=C\C/C=C\C/C=C\C/C=C\C/C=C\C/C=C\C/C=C\CCCCCCCCCC(=O)NC(COP(=O)([O-])OCC[N+](C)(C)C)C(O)/C=C/CCCCCCC. The molecule has 1 amide bonds. The maximum Gasteiger partial charge on any atom is 0.268 e. The van der Waals surface area contributed by atoms with Crippen LogP contribution in [0.4, 0.5) is 0 Å². The predicted molar refractivity (Wildman–Crippen MR) is 246 cm³/mol. The summed E-state index contributed by atoms with van der Waals surface area (Å²) in [5, 5.41) is 13.6. The van der Waals surface area contributed by atoms with Crippen LogP contribution in [0.15, 0.2) is 97.2 Å². The number of hydrogen-bond donors (Lipinski definition) is 2. The highest BCUT2D eigenvalue weighted by Gasteiger charge is 2.23. The number of carbonyl (C=O) groups is 1. The van der Waals surface area contributed by atoms with Crippen molar-refractivity contribution in [3.05, 3.63) is 97.2 Å². The Labute approximate surface area is 356 Å². The number of carbonyl (C=O) groups excluding carboxylic acids is 1. The molecular formula is C49H85N2O6P. The molecular weight excluding hydrogens is 744 g/mol. The van der Waals surface area contributed by atoms with E-state index in [0.29, 0.717) is 17.4 Å². The maximum atomic E-state index is 12.8. The number of aliphatic hydroxyl groups excluding tert-OH is 1. The first kappa shape index (κ1) is 55.4. The summed E-state index contributed by atoms with van der Waals surface area (Å²) in [6.07, 6.45) is 56.2. The van der Waals surface area contributed by atoms with E-state index < -0.39 is 26.6 Å². The normalized spacial score (nSPS) is 15.2. The summed E-state index contributed by atoms with van der Waals surface area (Å²) in [7, 11) is 1.23. The third-order valence-corrected chi connectivity index (χ3v) is 10.3. The molecule has 0 aliphatic heterocycles. The zero-order valence-corrected chi connectivity index (χ0v) is 38.3. The van der Waals surface area contributed by atoms with Crippen LogP contribution in [0.1, 0.15) is 155 Å². The van der Waals surface area contributed by atoms with Gasteiger partial charge in [0, 0.05) is 6.42 Å². The van der Waals surface area contributed by atoms with Crippen molar-refractivity contribution in [2.75, 3.05) is 40.9 Å². The van der Waals surface area contributed by atoms with Crippen LogP contribution in [0, 0.1) is 0 Å². The Morgan fingerprint density at radius 1 is 0.621 bits per heavy atom. The average molecular weight is 829 g/mol. The molecule has 0 radical (unpaired) electrons. The molecule has 3 unspecified atom stereocenters.